The largest absolute Gasteiger partial charge is 0.466 e. The molecule has 0 aromatic rings. The predicted octanol–water partition coefficient (Wildman–Crippen LogP) is 1.47. The van der Waals surface area contributed by atoms with Crippen molar-refractivity contribution in [1.82, 2.24) is 5.32 Å². The third-order valence-corrected chi connectivity index (χ3v) is 3.12. The Bertz CT molecular complexity index is 248. The van der Waals surface area contributed by atoms with Gasteiger partial charge in [0.1, 0.15) is 0 Å². The van der Waals surface area contributed by atoms with Crippen LogP contribution < -0.4 is 5.32 Å². The third kappa shape index (κ3) is 5.50. The summed E-state index contributed by atoms with van der Waals surface area (Å²) in [5.41, 5.74) is -0.698. The van der Waals surface area contributed by atoms with Crippen LogP contribution in [0.25, 0.3) is 0 Å². The average Bonchev–Trinajstić information content (AvgIpc) is 2.26. The topological polar surface area (TPSA) is 58.6 Å². The summed E-state index contributed by atoms with van der Waals surface area (Å²) in [6.07, 6.45) is 3.88. The lowest BCUT2D eigenvalue weighted by Gasteiger charge is -2.30. The van der Waals surface area contributed by atoms with E-state index in [9.17, 15) is 9.90 Å². The molecule has 1 aliphatic rings. The molecular weight excluding hydrogens is 218 g/mol. The van der Waals surface area contributed by atoms with Crippen molar-refractivity contribution in [3.63, 3.8) is 0 Å². The highest BCUT2D eigenvalue weighted by Gasteiger charge is 2.28. The van der Waals surface area contributed by atoms with E-state index < -0.39 is 5.60 Å². The molecule has 0 spiro atoms. The lowest BCUT2D eigenvalue weighted by molar-refractivity contribution is -0.149. The Hall–Kier alpha value is -0.610. The van der Waals surface area contributed by atoms with Gasteiger partial charge in [-0.1, -0.05) is 6.42 Å². The van der Waals surface area contributed by atoms with Crippen molar-refractivity contribution in [3.05, 3.63) is 0 Å². The van der Waals surface area contributed by atoms with Crippen LogP contribution >= 0.6 is 0 Å². The highest BCUT2D eigenvalue weighted by atomic mass is 16.5. The van der Waals surface area contributed by atoms with Gasteiger partial charge in [0.25, 0.3) is 0 Å². The highest BCUT2D eigenvalue weighted by molar-refractivity contribution is 5.72. The monoisotopic (exact) mass is 243 g/mol. The number of rotatable bonds is 5. The molecule has 1 rings (SSSR count). The second-order valence-corrected chi connectivity index (χ2v) is 5.51. The number of aliphatic hydroxyl groups is 1. The molecule has 1 fully saturated rings. The summed E-state index contributed by atoms with van der Waals surface area (Å²) in [5, 5.41) is 13.0. The van der Waals surface area contributed by atoms with Gasteiger partial charge in [-0.15, -0.1) is 0 Å². The summed E-state index contributed by atoms with van der Waals surface area (Å²) in [6, 6.07) is 0.324. The quantitative estimate of drug-likeness (QED) is 0.718. The maximum Gasteiger partial charge on any atom is 0.308 e. The fraction of sp³-hybridized carbons (Fsp3) is 0.923. The van der Waals surface area contributed by atoms with Gasteiger partial charge in [0, 0.05) is 12.6 Å². The first-order valence-corrected chi connectivity index (χ1v) is 6.55. The molecule has 1 aliphatic carbocycles. The smallest absolute Gasteiger partial charge is 0.308 e. The van der Waals surface area contributed by atoms with E-state index in [1.165, 1.54) is 0 Å². The number of esters is 1. The maximum atomic E-state index is 11.6. The highest BCUT2D eigenvalue weighted by Crippen LogP contribution is 2.25. The molecule has 0 bridgehead atoms. The molecular formula is C13H25NO3. The molecule has 0 aromatic carbocycles. The van der Waals surface area contributed by atoms with Crippen LogP contribution in [0.1, 0.15) is 46.5 Å². The summed E-state index contributed by atoms with van der Waals surface area (Å²) in [4.78, 5) is 11.6. The molecule has 0 aromatic heterocycles. The minimum atomic E-state index is -0.698. The summed E-state index contributed by atoms with van der Waals surface area (Å²) in [6.45, 7) is 6.42. The number of ether oxygens (including phenoxy) is 1. The van der Waals surface area contributed by atoms with Crippen molar-refractivity contribution >= 4 is 5.97 Å². The van der Waals surface area contributed by atoms with E-state index in [0.29, 0.717) is 19.2 Å². The van der Waals surface area contributed by atoms with Crippen LogP contribution in [0.3, 0.4) is 0 Å². The SMILES string of the molecule is CCOC(=O)C1CCCC(NCC(C)(C)O)C1. The van der Waals surface area contributed by atoms with Gasteiger partial charge >= 0.3 is 5.97 Å². The van der Waals surface area contributed by atoms with Crippen molar-refractivity contribution in [2.45, 2.75) is 58.1 Å². The average molecular weight is 243 g/mol. The van der Waals surface area contributed by atoms with E-state index in [4.69, 9.17) is 4.74 Å². The Morgan fingerprint density at radius 1 is 1.47 bits per heavy atom. The van der Waals surface area contributed by atoms with Crippen molar-refractivity contribution in [2.75, 3.05) is 13.2 Å². The molecule has 2 unspecified atom stereocenters. The normalized spacial score (nSPS) is 25.6. The van der Waals surface area contributed by atoms with Gasteiger partial charge in [-0.05, 0) is 40.0 Å². The lowest BCUT2D eigenvalue weighted by atomic mass is 9.85. The molecule has 0 amide bonds. The Labute approximate surface area is 104 Å². The molecule has 0 heterocycles. The third-order valence-electron chi connectivity index (χ3n) is 3.12. The Balaban J connectivity index is 2.36. The van der Waals surface area contributed by atoms with Gasteiger partial charge in [0.15, 0.2) is 0 Å². The standard InChI is InChI=1S/C13H25NO3/c1-4-17-12(15)10-6-5-7-11(8-10)14-9-13(2,3)16/h10-11,14,16H,4-9H2,1-3H3. The molecule has 0 aliphatic heterocycles. The molecule has 4 heteroatoms. The second-order valence-electron chi connectivity index (χ2n) is 5.51. The van der Waals surface area contributed by atoms with Crippen LogP contribution in [0.2, 0.25) is 0 Å². The van der Waals surface area contributed by atoms with Crippen LogP contribution in [0.4, 0.5) is 0 Å². The number of carbonyl (C=O) groups excluding carboxylic acids is 1. The summed E-state index contributed by atoms with van der Waals surface area (Å²) >= 11 is 0. The summed E-state index contributed by atoms with van der Waals surface area (Å²) < 4.78 is 5.06. The van der Waals surface area contributed by atoms with Crippen molar-refractivity contribution in [2.24, 2.45) is 5.92 Å². The first-order chi connectivity index (χ1) is 7.92. The Morgan fingerprint density at radius 2 is 2.18 bits per heavy atom. The van der Waals surface area contributed by atoms with Crippen molar-refractivity contribution < 1.29 is 14.6 Å². The van der Waals surface area contributed by atoms with E-state index in [1.807, 2.05) is 6.92 Å². The van der Waals surface area contributed by atoms with Crippen LogP contribution in [0.5, 0.6) is 0 Å². The first-order valence-electron chi connectivity index (χ1n) is 6.55. The molecule has 0 radical (unpaired) electrons. The van der Waals surface area contributed by atoms with E-state index >= 15 is 0 Å². The van der Waals surface area contributed by atoms with Crippen molar-refractivity contribution in [1.29, 1.82) is 0 Å². The molecule has 100 valence electrons. The van der Waals surface area contributed by atoms with E-state index in [2.05, 4.69) is 5.32 Å². The van der Waals surface area contributed by atoms with Gasteiger partial charge in [0.05, 0.1) is 18.1 Å². The van der Waals surface area contributed by atoms with Crippen LogP contribution in [-0.4, -0.2) is 35.9 Å². The van der Waals surface area contributed by atoms with Gasteiger partial charge in [-0.2, -0.15) is 0 Å². The van der Waals surface area contributed by atoms with Gasteiger partial charge in [-0.25, -0.2) is 0 Å². The lowest BCUT2D eigenvalue weighted by Crippen LogP contribution is -2.43. The number of carbonyl (C=O) groups is 1. The molecule has 1 saturated carbocycles. The van der Waals surface area contributed by atoms with Gasteiger partial charge in [0.2, 0.25) is 0 Å². The number of hydrogen-bond donors (Lipinski definition) is 2. The minimum absolute atomic E-state index is 0.0306. The number of nitrogens with one attached hydrogen (secondary N) is 1. The predicted molar refractivity (Wildman–Crippen MR) is 66.7 cm³/mol. The first kappa shape index (κ1) is 14.5. The fourth-order valence-electron chi connectivity index (χ4n) is 2.24. The molecule has 2 N–H and O–H groups in total. The molecule has 2 atom stereocenters. The summed E-state index contributed by atoms with van der Waals surface area (Å²) in [7, 11) is 0. The van der Waals surface area contributed by atoms with E-state index in [-0.39, 0.29) is 11.9 Å². The fourth-order valence-corrected chi connectivity index (χ4v) is 2.24. The zero-order chi connectivity index (χ0) is 12.9. The maximum absolute atomic E-state index is 11.6. The Kier molecular flexibility index (Phi) is 5.40. The van der Waals surface area contributed by atoms with Gasteiger partial charge in [-0.3, -0.25) is 4.79 Å². The molecule has 0 saturated heterocycles. The summed E-state index contributed by atoms with van der Waals surface area (Å²) in [5.74, 6) is -0.0368. The zero-order valence-electron chi connectivity index (χ0n) is 11.2. The molecule has 17 heavy (non-hydrogen) atoms. The second kappa shape index (κ2) is 6.36. The van der Waals surface area contributed by atoms with Crippen LogP contribution in [0.15, 0.2) is 0 Å². The van der Waals surface area contributed by atoms with Crippen LogP contribution in [-0.2, 0) is 9.53 Å². The molecule has 4 nitrogen and oxygen atoms in total. The Morgan fingerprint density at radius 3 is 2.76 bits per heavy atom. The van der Waals surface area contributed by atoms with E-state index in [1.54, 1.807) is 13.8 Å². The van der Waals surface area contributed by atoms with E-state index in [0.717, 1.165) is 25.7 Å². The van der Waals surface area contributed by atoms with Crippen LogP contribution in [0, 0.1) is 5.92 Å². The van der Waals surface area contributed by atoms with Crippen molar-refractivity contribution in [3.8, 4) is 0 Å². The minimum Gasteiger partial charge on any atom is -0.466 e. The number of hydrogen-bond acceptors (Lipinski definition) is 4. The zero-order valence-corrected chi connectivity index (χ0v) is 11.2. The van der Waals surface area contributed by atoms with Gasteiger partial charge < -0.3 is 15.2 Å².